The second kappa shape index (κ2) is 9.65. The van der Waals surface area contributed by atoms with Crippen molar-refractivity contribution in [1.82, 2.24) is 10.2 Å². The molecule has 1 aromatic heterocycles. The van der Waals surface area contributed by atoms with E-state index in [-0.39, 0.29) is 11.4 Å². The zero-order valence-electron chi connectivity index (χ0n) is 16.9. The Labute approximate surface area is 199 Å². The highest BCUT2D eigenvalue weighted by molar-refractivity contribution is 8.01. The van der Waals surface area contributed by atoms with Gasteiger partial charge in [-0.25, -0.2) is 8.42 Å². The summed E-state index contributed by atoms with van der Waals surface area (Å²) in [6, 6.07) is 12.6. The molecule has 0 unspecified atom stereocenters. The second-order valence-corrected chi connectivity index (χ2v) is 11.4. The highest BCUT2D eigenvalue weighted by atomic mass is 35.5. The van der Waals surface area contributed by atoms with Crippen LogP contribution in [0.4, 0.5) is 10.8 Å². The molecule has 0 saturated heterocycles. The molecule has 4 rings (SSSR count). The van der Waals surface area contributed by atoms with Crippen LogP contribution in [0.3, 0.4) is 0 Å². The van der Waals surface area contributed by atoms with E-state index in [1.54, 1.807) is 36.0 Å². The standard InChI is InChI=1S/C20H19ClN4O4S3/c1-2-11-30-20-24-23-19(31-20)22-18(26)17-12-25(15-5-3-4-6-16(15)29-17)32(27,28)14-9-7-13(21)8-10-14/h3-10,17H,2,11-12H2,1H3,(H,22,23,26)/t17-/m0/s1. The van der Waals surface area contributed by atoms with Gasteiger partial charge in [0.05, 0.1) is 17.1 Å². The zero-order chi connectivity index (χ0) is 22.7. The van der Waals surface area contributed by atoms with Crippen LogP contribution in [0.1, 0.15) is 13.3 Å². The van der Waals surface area contributed by atoms with Gasteiger partial charge < -0.3 is 4.74 Å². The number of hydrogen-bond donors (Lipinski definition) is 1. The average molecular weight is 511 g/mol. The molecule has 1 aliphatic rings. The summed E-state index contributed by atoms with van der Waals surface area (Å²) in [6.07, 6.45) is -0.0678. The van der Waals surface area contributed by atoms with E-state index in [2.05, 4.69) is 22.4 Å². The Bertz CT molecular complexity index is 1220. The number of para-hydroxylation sites is 2. The van der Waals surface area contributed by atoms with Crippen LogP contribution in [0.5, 0.6) is 5.75 Å². The fourth-order valence-electron chi connectivity index (χ4n) is 2.99. The number of hydrogen-bond acceptors (Lipinski definition) is 8. The number of aromatic nitrogens is 2. The lowest BCUT2D eigenvalue weighted by Crippen LogP contribution is -2.48. The number of anilines is 2. The zero-order valence-corrected chi connectivity index (χ0v) is 20.1. The summed E-state index contributed by atoms with van der Waals surface area (Å²) in [6.45, 7) is 1.88. The van der Waals surface area contributed by atoms with Gasteiger partial charge in [-0.05, 0) is 42.8 Å². The van der Waals surface area contributed by atoms with Gasteiger partial charge in [0.15, 0.2) is 10.4 Å². The molecule has 1 amide bonds. The molecule has 0 fully saturated rings. The van der Waals surface area contributed by atoms with Crippen molar-refractivity contribution in [3.05, 3.63) is 53.6 Å². The van der Waals surface area contributed by atoms with Gasteiger partial charge in [-0.1, -0.05) is 53.8 Å². The maximum Gasteiger partial charge on any atom is 0.269 e. The minimum Gasteiger partial charge on any atom is -0.476 e. The fourth-order valence-corrected chi connectivity index (χ4v) is 6.28. The normalized spacial score (nSPS) is 15.7. The first-order chi connectivity index (χ1) is 15.4. The molecular formula is C20H19ClN4O4S3. The Morgan fingerprint density at radius 3 is 2.75 bits per heavy atom. The molecule has 1 aliphatic heterocycles. The number of nitrogens with one attached hydrogen (secondary N) is 1. The lowest BCUT2D eigenvalue weighted by Gasteiger charge is -2.34. The molecule has 168 valence electrons. The minimum absolute atomic E-state index is 0.0690. The topological polar surface area (TPSA) is 101 Å². The molecule has 0 spiro atoms. The summed E-state index contributed by atoms with van der Waals surface area (Å²) < 4.78 is 34.5. The van der Waals surface area contributed by atoms with E-state index >= 15 is 0 Å². The number of thioether (sulfide) groups is 1. The Morgan fingerprint density at radius 1 is 1.25 bits per heavy atom. The maximum atomic E-state index is 13.4. The van der Waals surface area contributed by atoms with Crippen molar-refractivity contribution < 1.29 is 17.9 Å². The van der Waals surface area contributed by atoms with Crippen molar-refractivity contribution >= 4 is 61.4 Å². The van der Waals surface area contributed by atoms with Crippen molar-refractivity contribution in [2.45, 2.75) is 28.7 Å². The van der Waals surface area contributed by atoms with Crippen LogP contribution in [0.25, 0.3) is 0 Å². The first-order valence-corrected chi connectivity index (χ1v) is 13.3. The number of rotatable bonds is 7. The summed E-state index contributed by atoms with van der Waals surface area (Å²) in [5.74, 6) is 0.703. The summed E-state index contributed by atoms with van der Waals surface area (Å²) in [5, 5.41) is 11.5. The lowest BCUT2D eigenvalue weighted by molar-refractivity contribution is -0.122. The summed E-state index contributed by atoms with van der Waals surface area (Å²) >= 11 is 8.73. The van der Waals surface area contributed by atoms with Gasteiger partial charge in [-0.15, -0.1) is 10.2 Å². The Morgan fingerprint density at radius 2 is 2.00 bits per heavy atom. The SMILES string of the molecule is CCCSc1nnc(NC(=O)[C@@H]2CN(S(=O)(=O)c3ccc(Cl)cc3)c3ccccc3O2)s1. The highest BCUT2D eigenvalue weighted by Gasteiger charge is 2.37. The lowest BCUT2D eigenvalue weighted by atomic mass is 10.2. The van der Waals surface area contributed by atoms with Crippen LogP contribution >= 0.6 is 34.7 Å². The van der Waals surface area contributed by atoms with E-state index in [4.69, 9.17) is 16.3 Å². The molecule has 0 saturated carbocycles. The van der Waals surface area contributed by atoms with Crippen LogP contribution in [0.2, 0.25) is 5.02 Å². The number of nitrogens with zero attached hydrogens (tertiary/aromatic N) is 3. The molecule has 2 heterocycles. The average Bonchev–Trinajstić information content (AvgIpc) is 3.24. The van der Waals surface area contributed by atoms with Gasteiger partial charge in [-0.3, -0.25) is 14.4 Å². The quantitative estimate of drug-likeness (QED) is 0.373. The van der Waals surface area contributed by atoms with Gasteiger partial charge >= 0.3 is 0 Å². The Balaban J connectivity index is 1.58. The molecule has 32 heavy (non-hydrogen) atoms. The third kappa shape index (κ3) is 4.85. The third-order valence-corrected chi connectivity index (χ3v) is 8.72. The molecule has 0 aliphatic carbocycles. The van der Waals surface area contributed by atoms with Crippen LogP contribution in [-0.2, 0) is 14.8 Å². The highest BCUT2D eigenvalue weighted by Crippen LogP contribution is 2.37. The Hall–Kier alpha value is -2.34. The van der Waals surface area contributed by atoms with Gasteiger partial charge in [0.2, 0.25) is 5.13 Å². The third-order valence-electron chi connectivity index (χ3n) is 4.50. The van der Waals surface area contributed by atoms with Crippen LogP contribution in [0, 0.1) is 0 Å². The molecule has 1 N–H and O–H groups in total. The monoisotopic (exact) mass is 510 g/mol. The van der Waals surface area contributed by atoms with Crippen molar-refractivity contribution in [3.8, 4) is 5.75 Å². The van der Waals surface area contributed by atoms with Crippen LogP contribution < -0.4 is 14.4 Å². The van der Waals surface area contributed by atoms with E-state index in [1.807, 2.05) is 0 Å². The van der Waals surface area contributed by atoms with Gasteiger partial charge in [-0.2, -0.15) is 0 Å². The van der Waals surface area contributed by atoms with E-state index in [1.165, 1.54) is 39.9 Å². The van der Waals surface area contributed by atoms with Crippen molar-refractivity contribution in [2.75, 3.05) is 21.9 Å². The molecule has 3 aromatic rings. The van der Waals surface area contributed by atoms with E-state index in [9.17, 15) is 13.2 Å². The number of carbonyl (C=O) groups is 1. The summed E-state index contributed by atoms with van der Waals surface area (Å²) in [7, 11) is -3.95. The Kier molecular flexibility index (Phi) is 6.89. The summed E-state index contributed by atoms with van der Waals surface area (Å²) in [4.78, 5) is 13.0. The molecular weight excluding hydrogens is 492 g/mol. The number of ether oxygens (including phenoxy) is 1. The van der Waals surface area contributed by atoms with Gasteiger partial charge in [0.1, 0.15) is 5.75 Å². The molecule has 0 radical (unpaired) electrons. The molecule has 2 aromatic carbocycles. The van der Waals surface area contributed by atoms with Crippen molar-refractivity contribution in [2.24, 2.45) is 0 Å². The fraction of sp³-hybridized carbons (Fsp3) is 0.250. The maximum absolute atomic E-state index is 13.4. The van der Waals surface area contributed by atoms with E-state index in [0.717, 1.165) is 16.5 Å². The summed E-state index contributed by atoms with van der Waals surface area (Å²) in [5.41, 5.74) is 0.362. The van der Waals surface area contributed by atoms with E-state index < -0.39 is 22.0 Å². The number of carbonyl (C=O) groups excluding carboxylic acids is 1. The first-order valence-electron chi connectivity index (χ1n) is 9.69. The second-order valence-electron chi connectivity index (χ2n) is 6.78. The van der Waals surface area contributed by atoms with Crippen LogP contribution in [0.15, 0.2) is 57.8 Å². The predicted molar refractivity (Wildman–Crippen MR) is 126 cm³/mol. The largest absolute Gasteiger partial charge is 0.476 e. The van der Waals surface area contributed by atoms with Gasteiger partial charge in [0, 0.05) is 10.8 Å². The number of benzene rings is 2. The van der Waals surface area contributed by atoms with Crippen molar-refractivity contribution in [1.29, 1.82) is 0 Å². The number of fused-ring (bicyclic) bond motifs is 1. The number of sulfonamides is 1. The molecule has 12 heteroatoms. The van der Waals surface area contributed by atoms with E-state index in [0.29, 0.717) is 21.6 Å². The molecule has 8 nitrogen and oxygen atoms in total. The van der Waals surface area contributed by atoms with Crippen LogP contribution in [-0.4, -0.2) is 42.9 Å². The number of amides is 1. The number of halogens is 1. The minimum atomic E-state index is -3.95. The smallest absolute Gasteiger partial charge is 0.269 e. The predicted octanol–water partition coefficient (Wildman–Crippen LogP) is 4.29. The molecule has 1 atom stereocenters. The van der Waals surface area contributed by atoms with Crippen molar-refractivity contribution in [3.63, 3.8) is 0 Å². The van der Waals surface area contributed by atoms with Gasteiger partial charge in [0.25, 0.3) is 15.9 Å². The molecule has 0 bridgehead atoms. The first kappa shape index (κ1) is 22.8.